The lowest BCUT2D eigenvalue weighted by Crippen LogP contribution is -2.52. The molecule has 1 unspecified atom stereocenters. The smallest absolute Gasteiger partial charge is 0.241 e. The van der Waals surface area contributed by atoms with E-state index in [9.17, 15) is 9.90 Å². The number of nitriles is 1. The first-order chi connectivity index (χ1) is 9.31. The van der Waals surface area contributed by atoms with E-state index in [1.807, 2.05) is 24.8 Å². The predicted molar refractivity (Wildman–Crippen MR) is 78.2 cm³/mol. The molecule has 0 bridgehead atoms. The maximum Gasteiger partial charge on any atom is 0.241 e. The van der Waals surface area contributed by atoms with Crippen molar-refractivity contribution in [1.82, 2.24) is 4.90 Å². The van der Waals surface area contributed by atoms with Crippen LogP contribution in [0.25, 0.3) is 0 Å². The number of carbonyl (C=O) groups excluding carboxylic acids is 1. The average molecular weight is 275 g/mol. The van der Waals surface area contributed by atoms with Crippen LogP contribution in [0.1, 0.15) is 26.3 Å². The molecule has 0 aliphatic heterocycles. The van der Waals surface area contributed by atoms with E-state index in [1.54, 1.807) is 38.2 Å². The number of nitrogens with zero attached hydrogens (tertiary/aromatic N) is 2. The van der Waals surface area contributed by atoms with Gasteiger partial charge in [-0.05, 0) is 52.1 Å². The van der Waals surface area contributed by atoms with E-state index in [0.717, 1.165) is 0 Å². The highest BCUT2D eigenvalue weighted by atomic mass is 16.3. The molecule has 0 aromatic heterocycles. The van der Waals surface area contributed by atoms with Crippen molar-refractivity contribution >= 4 is 11.6 Å². The summed E-state index contributed by atoms with van der Waals surface area (Å²) in [6.45, 7) is 5.51. The largest absolute Gasteiger partial charge is 0.394 e. The van der Waals surface area contributed by atoms with Crippen LogP contribution < -0.4 is 5.32 Å². The van der Waals surface area contributed by atoms with Crippen LogP contribution >= 0.6 is 0 Å². The van der Waals surface area contributed by atoms with E-state index in [2.05, 4.69) is 5.32 Å². The lowest BCUT2D eigenvalue weighted by molar-refractivity contribution is -0.122. The topological polar surface area (TPSA) is 76.4 Å². The van der Waals surface area contributed by atoms with Crippen LogP contribution in [0.5, 0.6) is 0 Å². The molecule has 1 rings (SSSR count). The Morgan fingerprint density at radius 1 is 1.45 bits per heavy atom. The second-order valence-corrected chi connectivity index (χ2v) is 5.44. The highest BCUT2D eigenvalue weighted by molar-refractivity contribution is 5.94. The van der Waals surface area contributed by atoms with Crippen LogP contribution in [0.15, 0.2) is 24.3 Å². The predicted octanol–water partition coefficient (Wildman–Crippen LogP) is 1.59. The van der Waals surface area contributed by atoms with Gasteiger partial charge in [-0.1, -0.05) is 0 Å². The third-order valence-corrected chi connectivity index (χ3v) is 3.58. The van der Waals surface area contributed by atoms with Gasteiger partial charge in [0.15, 0.2) is 0 Å². The van der Waals surface area contributed by atoms with Gasteiger partial charge in [-0.15, -0.1) is 0 Å². The molecular formula is C15H21N3O2. The molecule has 1 atom stereocenters. The normalized spacial score (nSPS) is 12.8. The fraction of sp³-hybridized carbons (Fsp3) is 0.467. The summed E-state index contributed by atoms with van der Waals surface area (Å²) in [5.74, 6) is -0.154. The van der Waals surface area contributed by atoms with E-state index in [1.165, 1.54) is 0 Å². The minimum atomic E-state index is -0.471. The molecule has 0 radical (unpaired) electrons. The number of benzene rings is 1. The highest BCUT2D eigenvalue weighted by Crippen LogP contribution is 2.16. The van der Waals surface area contributed by atoms with Crippen LogP contribution in [0.2, 0.25) is 0 Å². The molecule has 0 saturated carbocycles. The van der Waals surface area contributed by atoms with E-state index in [4.69, 9.17) is 5.26 Å². The summed E-state index contributed by atoms with van der Waals surface area (Å²) in [6.07, 6.45) is 0. The molecule has 0 fully saturated rings. The van der Waals surface area contributed by atoms with E-state index in [-0.39, 0.29) is 18.6 Å². The Balaban J connectivity index is 2.73. The molecule has 0 saturated heterocycles. The lowest BCUT2D eigenvalue weighted by atomic mass is 10.0. The zero-order valence-corrected chi connectivity index (χ0v) is 12.3. The first kappa shape index (κ1) is 16.2. The quantitative estimate of drug-likeness (QED) is 0.855. The number of aliphatic hydroxyl groups is 1. The monoisotopic (exact) mass is 275 g/mol. The summed E-state index contributed by atoms with van der Waals surface area (Å²) in [5.41, 5.74) is 0.729. The number of aliphatic hydroxyl groups excluding tert-OH is 1. The number of nitrogens with one attached hydrogen (secondary N) is 1. The summed E-state index contributed by atoms with van der Waals surface area (Å²) < 4.78 is 0. The van der Waals surface area contributed by atoms with E-state index >= 15 is 0 Å². The summed E-state index contributed by atoms with van der Waals surface area (Å²) >= 11 is 0. The summed E-state index contributed by atoms with van der Waals surface area (Å²) in [7, 11) is 1.80. The Bertz CT molecular complexity index is 503. The zero-order valence-electron chi connectivity index (χ0n) is 12.3. The van der Waals surface area contributed by atoms with Crippen molar-refractivity contribution in [3.8, 4) is 6.07 Å². The van der Waals surface area contributed by atoms with Crippen molar-refractivity contribution in [2.75, 3.05) is 19.0 Å². The Hall–Kier alpha value is -1.90. The molecule has 108 valence electrons. The molecule has 2 N–H and O–H groups in total. The van der Waals surface area contributed by atoms with Gasteiger partial charge in [0.1, 0.15) is 0 Å². The van der Waals surface area contributed by atoms with Gasteiger partial charge in [-0.3, -0.25) is 9.69 Å². The van der Waals surface area contributed by atoms with Gasteiger partial charge < -0.3 is 10.4 Å². The van der Waals surface area contributed by atoms with Crippen LogP contribution in [-0.4, -0.2) is 41.1 Å². The average Bonchev–Trinajstić information content (AvgIpc) is 2.46. The van der Waals surface area contributed by atoms with E-state index < -0.39 is 5.54 Å². The van der Waals surface area contributed by atoms with Crippen molar-refractivity contribution in [2.45, 2.75) is 32.4 Å². The van der Waals surface area contributed by atoms with Gasteiger partial charge in [0.2, 0.25) is 5.91 Å². The SMILES string of the molecule is CC(C(=O)Nc1ccc(C#N)cc1)N(C)C(C)(C)CO. The van der Waals surface area contributed by atoms with Crippen molar-refractivity contribution in [1.29, 1.82) is 5.26 Å². The molecule has 1 aromatic rings. The minimum Gasteiger partial charge on any atom is -0.394 e. The lowest BCUT2D eigenvalue weighted by Gasteiger charge is -2.37. The number of anilines is 1. The summed E-state index contributed by atoms with van der Waals surface area (Å²) in [5, 5.41) is 20.9. The first-order valence-electron chi connectivity index (χ1n) is 6.46. The molecule has 5 nitrogen and oxygen atoms in total. The second-order valence-electron chi connectivity index (χ2n) is 5.44. The van der Waals surface area contributed by atoms with Gasteiger partial charge >= 0.3 is 0 Å². The molecule has 0 heterocycles. The van der Waals surface area contributed by atoms with Gasteiger partial charge in [0.05, 0.1) is 24.3 Å². The van der Waals surface area contributed by atoms with Crippen LogP contribution in [0.4, 0.5) is 5.69 Å². The van der Waals surface area contributed by atoms with E-state index in [0.29, 0.717) is 11.3 Å². The molecule has 5 heteroatoms. The molecule has 0 aliphatic rings. The molecule has 0 aliphatic carbocycles. The van der Waals surface area contributed by atoms with Crippen molar-refractivity contribution < 1.29 is 9.90 Å². The third kappa shape index (κ3) is 3.80. The van der Waals surface area contributed by atoms with Crippen LogP contribution in [0.3, 0.4) is 0 Å². The molecule has 1 aromatic carbocycles. The van der Waals surface area contributed by atoms with Gasteiger partial charge in [-0.2, -0.15) is 5.26 Å². The number of hydrogen-bond donors (Lipinski definition) is 2. The van der Waals surface area contributed by atoms with Crippen LogP contribution in [0, 0.1) is 11.3 Å². The number of amides is 1. The first-order valence-corrected chi connectivity index (χ1v) is 6.46. The summed E-state index contributed by atoms with van der Waals surface area (Å²) in [4.78, 5) is 14.0. The molecule has 0 spiro atoms. The van der Waals surface area contributed by atoms with Crippen LogP contribution in [-0.2, 0) is 4.79 Å². The number of hydrogen-bond acceptors (Lipinski definition) is 4. The standard InChI is InChI=1S/C15H21N3O2/c1-11(18(4)15(2,3)10-19)14(20)17-13-7-5-12(9-16)6-8-13/h5-8,11,19H,10H2,1-4H3,(H,17,20). The number of carbonyl (C=O) groups is 1. The third-order valence-electron chi connectivity index (χ3n) is 3.58. The Morgan fingerprint density at radius 2 is 2.00 bits per heavy atom. The van der Waals surface area contributed by atoms with Crippen molar-refractivity contribution in [3.05, 3.63) is 29.8 Å². The highest BCUT2D eigenvalue weighted by Gasteiger charge is 2.30. The maximum absolute atomic E-state index is 12.2. The van der Waals surface area contributed by atoms with Gasteiger partial charge in [-0.25, -0.2) is 0 Å². The fourth-order valence-corrected chi connectivity index (χ4v) is 1.69. The van der Waals surface area contributed by atoms with Gasteiger partial charge in [0.25, 0.3) is 0 Å². The number of rotatable bonds is 5. The van der Waals surface area contributed by atoms with Crippen molar-refractivity contribution in [3.63, 3.8) is 0 Å². The Morgan fingerprint density at radius 3 is 2.45 bits per heavy atom. The minimum absolute atomic E-state index is 0.0298. The zero-order chi connectivity index (χ0) is 15.3. The maximum atomic E-state index is 12.2. The number of likely N-dealkylation sites (N-methyl/N-ethyl adjacent to an activating group) is 1. The Kier molecular flexibility index (Phi) is 5.26. The second kappa shape index (κ2) is 6.51. The van der Waals surface area contributed by atoms with Crippen molar-refractivity contribution in [2.24, 2.45) is 0 Å². The Labute approximate surface area is 119 Å². The molecule has 1 amide bonds. The summed E-state index contributed by atoms with van der Waals surface area (Å²) in [6, 6.07) is 8.34. The molecule has 20 heavy (non-hydrogen) atoms. The fourth-order valence-electron chi connectivity index (χ4n) is 1.69. The molecular weight excluding hydrogens is 254 g/mol. The van der Waals surface area contributed by atoms with Gasteiger partial charge in [0, 0.05) is 11.2 Å².